The first-order valence-corrected chi connectivity index (χ1v) is 13.8. The highest BCUT2D eigenvalue weighted by Crippen LogP contribution is 2.30. The number of pyridine rings is 1. The Labute approximate surface area is 237 Å². The highest BCUT2D eigenvalue weighted by Gasteiger charge is 2.24. The van der Waals surface area contributed by atoms with Crippen LogP contribution in [0.1, 0.15) is 24.5 Å². The molecule has 1 saturated heterocycles. The summed E-state index contributed by atoms with van der Waals surface area (Å²) in [4.78, 5) is 28.4. The van der Waals surface area contributed by atoms with Gasteiger partial charge in [0.2, 0.25) is 0 Å². The third-order valence-electron chi connectivity index (χ3n) is 7.48. The normalized spacial score (nSPS) is 17.5. The fourth-order valence-electron chi connectivity index (χ4n) is 5.26. The van der Waals surface area contributed by atoms with Gasteiger partial charge in [0.15, 0.2) is 5.65 Å². The van der Waals surface area contributed by atoms with Crippen LogP contribution < -0.4 is 14.5 Å². The van der Waals surface area contributed by atoms with Crippen LogP contribution in [0.2, 0.25) is 5.02 Å². The third-order valence-corrected chi connectivity index (χ3v) is 7.76. The molecule has 1 aliphatic carbocycles. The number of H-pyrrole nitrogens is 1. The Morgan fingerprint density at radius 3 is 2.45 bits per heavy atom. The molecule has 0 bridgehead atoms. The van der Waals surface area contributed by atoms with Crippen molar-refractivity contribution in [1.29, 1.82) is 0 Å². The molecule has 2 aliphatic rings. The van der Waals surface area contributed by atoms with Crippen molar-refractivity contribution in [2.75, 3.05) is 36.0 Å². The van der Waals surface area contributed by atoms with Gasteiger partial charge in [-0.2, -0.15) is 4.98 Å². The minimum Gasteiger partial charge on any atom is -0.478 e. The molecule has 8 nitrogen and oxygen atoms in total. The summed E-state index contributed by atoms with van der Waals surface area (Å²) in [7, 11) is 0. The standard InChI is InChI=1S/C31H30ClN5O3/c1-20-7-12-24(18-25(20)30(38)39)40-31-33-27-19-26(32)29(34-28(27)35-31)37-15-13-36(14-16-37)23-10-8-22(9-11-23)17-21-5-3-2-4-6-21/h2-12,19,24H,13-18H2,1H3,(H,38,39)(H,33,34,35). The molecule has 1 fully saturated rings. The van der Waals surface area contributed by atoms with Crippen molar-refractivity contribution in [3.8, 4) is 6.01 Å². The lowest BCUT2D eigenvalue weighted by molar-refractivity contribution is -0.133. The molecular formula is C31H30ClN5O3. The number of aromatic amines is 1. The minimum absolute atomic E-state index is 0.272. The van der Waals surface area contributed by atoms with E-state index in [1.54, 1.807) is 13.0 Å². The van der Waals surface area contributed by atoms with E-state index >= 15 is 0 Å². The van der Waals surface area contributed by atoms with Gasteiger partial charge in [-0.15, -0.1) is 0 Å². The van der Waals surface area contributed by atoms with Gasteiger partial charge in [-0.25, -0.2) is 9.78 Å². The molecule has 2 aromatic carbocycles. The molecule has 6 rings (SSSR count). The van der Waals surface area contributed by atoms with E-state index in [0.29, 0.717) is 27.6 Å². The van der Waals surface area contributed by atoms with Crippen molar-refractivity contribution < 1.29 is 14.6 Å². The Balaban J connectivity index is 1.09. The van der Waals surface area contributed by atoms with Gasteiger partial charge >= 0.3 is 5.97 Å². The van der Waals surface area contributed by atoms with Crippen molar-refractivity contribution in [3.63, 3.8) is 0 Å². The van der Waals surface area contributed by atoms with E-state index in [-0.39, 0.29) is 12.4 Å². The molecule has 40 heavy (non-hydrogen) atoms. The van der Waals surface area contributed by atoms with Crippen molar-refractivity contribution in [2.24, 2.45) is 0 Å². The lowest BCUT2D eigenvalue weighted by Gasteiger charge is -2.37. The van der Waals surface area contributed by atoms with Gasteiger partial charge in [-0.1, -0.05) is 60.1 Å². The van der Waals surface area contributed by atoms with Gasteiger partial charge in [0, 0.05) is 43.9 Å². The first-order valence-electron chi connectivity index (χ1n) is 13.4. The topological polar surface area (TPSA) is 94.6 Å². The first kappa shape index (κ1) is 26.0. The number of benzene rings is 2. The second-order valence-corrected chi connectivity index (χ2v) is 10.6. The predicted molar refractivity (Wildman–Crippen MR) is 158 cm³/mol. The van der Waals surface area contributed by atoms with Crippen LogP contribution in [0.3, 0.4) is 0 Å². The number of aliphatic carboxylic acids is 1. The lowest BCUT2D eigenvalue weighted by atomic mass is 9.97. The highest BCUT2D eigenvalue weighted by molar-refractivity contribution is 6.33. The molecule has 1 atom stereocenters. The van der Waals surface area contributed by atoms with Gasteiger partial charge in [0.25, 0.3) is 6.01 Å². The van der Waals surface area contributed by atoms with Crippen molar-refractivity contribution >= 4 is 40.2 Å². The number of nitrogens with zero attached hydrogens (tertiary/aromatic N) is 4. The van der Waals surface area contributed by atoms with Gasteiger partial charge in [0.05, 0.1) is 10.5 Å². The Hall–Kier alpha value is -4.30. The predicted octanol–water partition coefficient (Wildman–Crippen LogP) is 5.64. The summed E-state index contributed by atoms with van der Waals surface area (Å²) in [5.41, 5.74) is 6.08. The zero-order chi connectivity index (χ0) is 27.6. The van der Waals surface area contributed by atoms with Crippen LogP contribution in [0.5, 0.6) is 6.01 Å². The zero-order valence-electron chi connectivity index (χ0n) is 22.2. The lowest BCUT2D eigenvalue weighted by Crippen LogP contribution is -2.47. The third kappa shape index (κ3) is 5.53. The smallest absolute Gasteiger partial charge is 0.331 e. The van der Waals surface area contributed by atoms with Crippen molar-refractivity contribution in [1.82, 2.24) is 15.0 Å². The number of fused-ring (bicyclic) bond motifs is 1. The number of piperazine rings is 1. The number of imidazole rings is 1. The number of nitrogens with one attached hydrogen (secondary N) is 1. The van der Waals surface area contributed by atoms with Crippen LogP contribution in [-0.2, 0) is 11.2 Å². The molecule has 204 valence electrons. The Bertz CT molecular complexity index is 1590. The number of carboxylic acid groups (broad SMARTS) is 1. The van der Waals surface area contributed by atoms with E-state index in [1.807, 2.05) is 18.2 Å². The Morgan fingerprint density at radius 1 is 1.02 bits per heavy atom. The molecular weight excluding hydrogens is 526 g/mol. The van der Waals surface area contributed by atoms with Crippen LogP contribution in [0.15, 0.2) is 84.0 Å². The van der Waals surface area contributed by atoms with E-state index in [9.17, 15) is 9.90 Å². The molecule has 0 saturated carbocycles. The van der Waals surface area contributed by atoms with Crippen molar-refractivity contribution in [2.45, 2.75) is 25.9 Å². The molecule has 0 spiro atoms. The van der Waals surface area contributed by atoms with E-state index < -0.39 is 12.1 Å². The highest BCUT2D eigenvalue weighted by atomic mass is 35.5. The average Bonchev–Trinajstić information content (AvgIpc) is 3.35. The summed E-state index contributed by atoms with van der Waals surface area (Å²) in [6, 6.07) is 21.4. The van der Waals surface area contributed by atoms with E-state index in [4.69, 9.17) is 21.3 Å². The van der Waals surface area contributed by atoms with E-state index in [1.165, 1.54) is 16.8 Å². The quantitative estimate of drug-likeness (QED) is 0.305. The van der Waals surface area contributed by atoms with Gasteiger partial charge in [0.1, 0.15) is 11.9 Å². The molecule has 4 aromatic rings. The summed E-state index contributed by atoms with van der Waals surface area (Å²) in [5.74, 6) is -0.229. The monoisotopic (exact) mass is 555 g/mol. The molecule has 2 aromatic heterocycles. The number of carboxylic acids is 1. The number of allylic oxidation sites excluding steroid dienone is 2. The molecule has 2 N–H and O–H groups in total. The maximum absolute atomic E-state index is 11.5. The molecule has 0 amide bonds. The van der Waals surface area contributed by atoms with Crippen LogP contribution in [0.4, 0.5) is 11.5 Å². The fraction of sp³-hybridized carbons (Fsp3) is 0.258. The van der Waals surface area contributed by atoms with Gasteiger partial charge in [-0.05, 0) is 54.3 Å². The number of halogens is 1. The van der Waals surface area contributed by atoms with Crippen LogP contribution >= 0.6 is 11.6 Å². The second-order valence-electron chi connectivity index (χ2n) is 10.2. The maximum atomic E-state index is 11.5. The number of hydrogen-bond donors (Lipinski definition) is 2. The van der Waals surface area contributed by atoms with Crippen LogP contribution in [-0.4, -0.2) is 58.3 Å². The Morgan fingerprint density at radius 2 is 1.73 bits per heavy atom. The molecule has 9 heteroatoms. The SMILES string of the molecule is CC1=C(C(=O)O)CC(Oc2nc3nc(N4CCN(c5ccc(Cc6ccccc6)cc5)CC4)c(Cl)cc3[nH]2)C=C1. The number of anilines is 2. The zero-order valence-corrected chi connectivity index (χ0v) is 22.9. The second kappa shape index (κ2) is 11.1. The van der Waals surface area contributed by atoms with Crippen molar-refractivity contribution in [3.05, 3.63) is 100 Å². The molecule has 1 aliphatic heterocycles. The summed E-state index contributed by atoms with van der Waals surface area (Å²) in [6.07, 6.45) is 4.39. The number of rotatable bonds is 7. The largest absolute Gasteiger partial charge is 0.478 e. The number of aromatic nitrogens is 3. The number of carbonyl (C=O) groups is 1. The summed E-state index contributed by atoms with van der Waals surface area (Å²) < 4.78 is 5.94. The molecule has 3 heterocycles. The summed E-state index contributed by atoms with van der Waals surface area (Å²) in [6.45, 7) is 5.07. The van der Waals surface area contributed by atoms with Gasteiger partial charge < -0.3 is 24.6 Å². The van der Waals surface area contributed by atoms with E-state index in [0.717, 1.165) is 38.2 Å². The fourth-order valence-corrected chi connectivity index (χ4v) is 5.53. The average molecular weight is 556 g/mol. The summed E-state index contributed by atoms with van der Waals surface area (Å²) >= 11 is 6.66. The number of ether oxygens (including phenoxy) is 1. The molecule has 1 unspecified atom stereocenters. The van der Waals surface area contributed by atoms with Crippen LogP contribution in [0, 0.1) is 0 Å². The maximum Gasteiger partial charge on any atom is 0.331 e. The first-order chi connectivity index (χ1) is 19.4. The summed E-state index contributed by atoms with van der Waals surface area (Å²) in [5, 5.41) is 9.98. The van der Waals surface area contributed by atoms with E-state index in [2.05, 4.69) is 68.3 Å². The minimum atomic E-state index is -0.932. The Kier molecular flexibility index (Phi) is 7.17. The molecule has 0 radical (unpaired) electrons. The van der Waals surface area contributed by atoms with Gasteiger partial charge in [-0.3, -0.25) is 0 Å². The number of hydrogen-bond acceptors (Lipinski definition) is 6. The van der Waals surface area contributed by atoms with Crippen LogP contribution in [0.25, 0.3) is 11.2 Å².